The van der Waals surface area contributed by atoms with Gasteiger partial charge in [-0.1, -0.05) is 12.1 Å². The summed E-state index contributed by atoms with van der Waals surface area (Å²) in [6.45, 7) is 7.87. The van der Waals surface area contributed by atoms with Crippen molar-refractivity contribution < 1.29 is 14.3 Å². The van der Waals surface area contributed by atoms with Gasteiger partial charge in [-0.25, -0.2) is 0 Å². The van der Waals surface area contributed by atoms with Crippen LogP contribution >= 0.6 is 0 Å². The minimum Gasteiger partial charge on any atom is -0.378 e. The maximum atomic E-state index is 12.7. The first-order valence-electron chi connectivity index (χ1n) is 9.31. The summed E-state index contributed by atoms with van der Waals surface area (Å²) in [6, 6.07) is 9.91. The maximum absolute atomic E-state index is 12.7. The zero-order valence-electron chi connectivity index (χ0n) is 15.9. The Morgan fingerprint density at radius 3 is 2.56 bits per heavy atom. The Hall–Kier alpha value is -2.56. The van der Waals surface area contributed by atoms with Crippen LogP contribution in [0.5, 0.6) is 0 Å². The first-order chi connectivity index (χ1) is 13.1. The van der Waals surface area contributed by atoms with Gasteiger partial charge in [-0.15, -0.1) is 0 Å². The molecule has 0 bridgehead atoms. The van der Waals surface area contributed by atoms with Gasteiger partial charge >= 0.3 is 0 Å². The average molecular weight is 370 g/mol. The molecule has 0 aromatic heterocycles. The van der Waals surface area contributed by atoms with Crippen molar-refractivity contribution in [1.29, 1.82) is 5.26 Å². The van der Waals surface area contributed by atoms with Crippen LogP contribution < -0.4 is 10.2 Å². The SMILES string of the molecule is CC1CN(C(=O)/C(C#N)=C\Nc2ccccc2N2CCOCC2)CC(C)O1. The minimum absolute atomic E-state index is 0.0346. The molecule has 27 heavy (non-hydrogen) atoms. The van der Waals surface area contributed by atoms with E-state index >= 15 is 0 Å². The van der Waals surface area contributed by atoms with E-state index in [1.165, 1.54) is 6.20 Å². The van der Waals surface area contributed by atoms with Gasteiger partial charge in [0.15, 0.2) is 0 Å². The zero-order chi connectivity index (χ0) is 19.2. The van der Waals surface area contributed by atoms with Crippen LogP contribution in [0.3, 0.4) is 0 Å². The smallest absolute Gasteiger partial charge is 0.266 e. The quantitative estimate of drug-likeness (QED) is 0.645. The van der Waals surface area contributed by atoms with Gasteiger partial charge in [0.1, 0.15) is 11.6 Å². The van der Waals surface area contributed by atoms with E-state index in [4.69, 9.17) is 9.47 Å². The molecule has 0 radical (unpaired) electrons. The third kappa shape index (κ3) is 4.79. The number of carbonyl (C=O) groups excluding carboxylic acids is 1. The van der Waals surface area contributed by atoms with E-state index < -0.39 is 0 Å². The largest absolute Gasteiger partial charge is 0.378 e. The number of para-hydroxylation sites is 2. The Bertz CT molecular complexity index is 727. The Morgan fingerprint density at radius 2 is 1.89 bits per heavy atom. The van der Waals surface area contributed by atoms with Crippen LogP contribution in [-0.4, -0.2) is 62.4 Å². The second kappa shape index (κ2) is 8.89. The highest BCUT2D eigenvalue weighted by molar-refractivity contribution is 5.97. The average Bonchev–Trinajstić information content (AvgIpc) is 2.68. The van der Waals surface area contributed by atoms with E-state index in [0.717, 1.165) is 24.5 Å². The van der Waals surface area contributed by atoms with Gasteiger partial charge in [0.2, 0.25) is 0 Å². The number of nitriles is 1. The van der Waals surface area contributed by atoms with E-state index in [9.17, 15) is 10.1 Å². The number of nitrogens with one attached hydrogen (secondary N) is 1. The summed E-state index contributed by atoms with van der Waals surface area (Å²) in [7, 11) is 0. The Kier molecular flexibility index (Phi) is 6.32. The summed E-state index contributed by atoms with van der Waals surface area (Å²) in [5.41, 5.74) is 1.99. The van der Waals surface area contributed by atoms with Crippen molar-refractivity contribution in [2.75, 3.05) is 49.6 Å². The molecule has 0 spiro atoms. The van der Waals surface area contributed by atoms with Gasteiger partial charge in [-0.3, -0.25) is 4.79 Å². The highest BCUT2D eigenvalue weighted by atomic mass is 16.5. The lowest BCUT2D eigenvalue weighted by Gasteiger charge is -2.35. The van der Waals surface area contributed by atoms with E-state index in [1.54, 1.807) is 4.90 Å². The lowest BCUT2D eigenvalue weighted by atomic mass is 10.2. The Labute approximate surface area is 160 Å². The molecule has 2 heterocycles. The molecule has 2 fully saturated rings. The molecular weight excluding hydrogens is 344 g/mol. The summed E-state index contributed by atoms with van der Waals surface area (Å²) in [4.78, 5) is 16.7. The first-order valence-corrected chi connectivity index (χ1v) is 9.31. The number of anilines is 2. The zero-order valence-corrected chi connectivity index (χ0v) is 15.9. The molecule has 2 saturated heterocycles. The van der Waals surface area contributed by atoms with Crippen LogP contribution in [0.15, 0.2) is 36.0 Å². The monoisotopic (exact) mass is 370 g/mol. The lowest BCUT2D eigenvalue weighted by molar-refractivity contribution is -0.138. The van der Waals surface area contributed by atoms with Gasteiger partial charge in [-0.05, 0) is 26.0 Å². The van der Waals surface area contributed by atoms with Crippen molar-refractivity contribution in [3.8, 4) is 6.07 Å². The lowest BCUT2D eigenvalue weighted by Crippen LogP contribution is -2.48. The third-order valence-electron chi connectivity index (χ3n) is 4.69. The van der Waals surface area contributed by atoms with Crippen molar-refractivity contribution in [2.24, 2.45) is 0 Å². The summed E-state index contributed by atoms with van der Waals surface area (Å²) in [5.74, 6) is -0.268. The number of benzene rings is 1. The highest BCUT2D eigenvalue weighted by Gasteiger charge is 2.27. The molecule has 1 aromatic carbocycles. The van der Waals surface area contributed by atoms with Gasteiger partial charge < -0.3 is 24.6 Å². The molecule has 1 aromatic rings. The maximum Gasteiger partial charge on any atom is 0.266 e. The minimum atomic E-state index is -0.268. The number of nitrogens with zero attached hydrogens (tertiary/aromatic N) is 3. The van der Waals surface area contributed by atoms with Crippen molar-refractivity contribution >= 4 is 17.3 Å². The second-order valence-corrected chi connectivity index (χ2v) is 6.90. The summed E-state index contributed by atoms with van der Waals surface area (Å²) in [6.07, 6.45) is 1.44. The molecule has 2 aliphatic heterocycles. The number of rotatable bonds is 4. The van der Waals surface area contributed by atoms with Crippen molar-refractivity contribution in [3.63, 3.8) is 0 Å². The van der Waals surface area contributed by atoms with E-state index in [-0.39, 0.29) is 23.7 Å². The molecule has 2 atom stereocenters. The van der Waals surface area contributed by atoms with Crippen molar-refractivity contribution in [2.45, 2.75) is 26.1 Å². The van der Waals surface area contributed by atoms with Crippen LogP contribution in [0.2, 0.25) is 0 Å². The number of amides is 1. The van der Waals surface area contributed by atoms with Crippen LogP contribution in [0.25, 0.3) is 0 Å². The second-order valence-electron chi connectivity index (χ2n) is 6.90. The van der Waals surface area contributed by atoms with Gasteiger partial charge in [-0.2, -0.15) is 5.26 Å². The normalized spacial score (nSPS) is 23.7. The number of morpholine rings is 2. The molecule has 1 N–H and O–H groups in total. The number of ether oxygens (including phenoxy) is 2. The molecule has 3 rings (SSSR count). The van der Waals surface area contributed by atoms with Crippen LogP contribution in [0, 0.1) is 11.3 Å². The van der Waals surface area contributed by atoms with E-state index in [1.807, 2.05) is 44.2 Å². The highest BCUT2D eigenvalue weighted by Crippen LogP contribution is 2.26. The standard InChI is InChI=1S/C20H26N4O3/c1-15-13-24(14-16(2)27-15)20(25)17(11-21)12-22-18-5-3-4-6-19(18)23-7-9-26-10-8-23/h3-6,12,15-16,22H,7-10,13-14H2,1-2H3/b17-12-. The van der Waals surface area contributed by atoms with Crippen LogP contribution in [0.4, 0.5) is 11.4 Å². The molecule has 2 unspecified atom stereocenters. The molecule has 2 aliphatic rings. The van der Waals surface area contributed by atoms with E-state index in [2.05, 4.69) is 10.2 Å². The van der Waals surface area contributed by atoms with Crippen LogP contribution in [-0.2, 0) is 14.3 Å². The third-order valence-corrected chi connectivity index (χ3v) is 4.69. The Balaban J connectivity index is 1.74. The first kappa shape index (κ1) is 19.2. The van der Waals surface area contributed by atoms with Crippen LogP contribution in [0.1, 0.15) is 13.8 Å². The number of hydrogen-bond donors (Lipinski definition) is 1. The molecule has 1 amide bonds. The van der Waals surface area contributed by atoms with Gasteiger partial charge in [0, 0.05) is 32.4 Å². The number of carbonyl (C=O) groups is 1. The van der Waals surface area contributed by atoms with Gasteiger partial charge in [0.25, 0.3) is 5.91 Å². The molecule has 0 aliphatic carbocycles. The summed E-state index contributed by atoms with van der Waals surface area (Å²) in [5, 5.41) is 12.6. The topological polar surface area (TPSA) is 77.8 Å². The molecule has 7 heteroatoms. The van der Waals surface area contributed by atoms with Gasteiger partial charge in [0.05, 0.1) is 36.8 Å². The summed E-state index contributed by atoms with van der Waals surface area (Å²) < 4.78 is 11.1. The molecule has 144 valence electrons. The predicted molar refractivity (Wildman–Crippen MR) is 103 cm³/mol. The molecule has 0 saturated carbocycles. The van der Waals surface area contributed by atoms with Crippen molar-refractivity contribution in [1.82, 2.24) is 4.90 Å². The van der Waals surface area contributed by atoms with E-state index in [0.29, 0.717) is 26.3 Å². The fourth-order valence-corrected chi connectivity index (χ4v) is 3.48. The fourth-order valence-electron chi connectivity index (χ4n) is 3.48. The predicted octanol–water partition coefficient (Wildman–Crippen LogP) is 1.98. The summed E-state index contributed by atoms with van der Waals surface area (Å²) >= 11 is 0. The number of hydrogen-bond acceptors (Lipinski definition) is 6. The molecule has 7 nitrogen and oxygen atoms in total. The molecular formula is C20H26N4O3. The van der Waals surface area contributed by atoms with Crippen molar-refractivity contribution in [3.05, 3.63) is 36.0 Å². The Morgan fingerprint density at radius 1 is 1.22 bits per heavy atom. The fraction of sp³-hybridized carbons (Fsp3) is 0.500.